The third-order valence-corrected chi connectivity index (χ3v) is 8.30. The second kappa shape index (κ2) is 23.1. The van der Waals surface area contributed by atoms with Crippen molar-refractivity contribution in [1.29, 1.82) is 0 Å². The van der Waals surface area contributed by atoms with E-state index in [0.717, 1.165) is 66.8 Å². The van der Waals surface area contributed by atoms with Gasteiger partial charge in [-0.15, -0.1) is 42.5 Å². The number of terminal acetylenes is 1. The minimum atomic E-state index is -4.27. The average Bonchev–Trinajstić information content (AvgIpc) is 3.26. The highest BCUT2D eigenvalue weighted by molar-refractivity contribution is 8.02. The fraction of sp³-hybridized carbons (Fsp3) is 0.655. The lowest BCUT2D eigenvalue weighted by atomic mass is 9.87. The zero-order valence-corrected chi connectivity index (χ0v) is 25.3. The lowest BCUT2D eigenvalue weighted by Gasteiger charge is -2.26. The summed E-state index contributed by atoms with van der Waals surface area (Å²) < 4.78 is 41.1. The van der Waals surface area contributed by atoms with Crippen LogP contribution in [0.3, 0.4) is 0 Å². The van der Waals surface area contributed by atoms with Crippen molar-refractivity contribution in [2.45, 2.75) is 77.3 Å². The minimum Gasteiger partial charge on any atom is -0.361 e. The van der Waals surface area contributed by atoms with E-state index in [0.29, 0.717) is 0 Å². The van der Waals surface area contributed by atoms with E-state index in [1.165, 1.54) is 62.2 Å². The van der Waals surface area contributed by atoms with Crippen LogP contribution in [0.15, 0.2) is 34.4 Å². The summed E-state index contributed by atoms with van der Waals surface area (Å²) in [4.78, 5) is 13.1. The molecule has 5 nitrogen and oxygen atoms in total. The first kappa shape index (κ1) is 37.4. The summed E-state index contributed by atoms with van der Waals surface area (Å²) in [5, 5.41) is 1.15. The Bertz CT molecular complexity index is 834. The lowest BCUT2D eigenvalue weighted by molar-refractivity contribution is -0.168. The maximum absolute atomic E-state index is 12.1. The first-order valence-electron chi connectivity index (χ1n) is 13.4. The zero-order valence-electron chi connectivity index (χ0n) is 23.7. The third kappa shape index (κ3) is 18.4. The number of alkyl halides is 3. The fourth-order valence-electron chi connectivity index (χ4n) is 4.34. The van der Waals surface area contributed by atoms with Crippen molar-refractivity contribution >= 4 is 29.8 Å². The third-order valence-electron chi connectivity index (χ3n) is 6.26. The molecule has 10 heteroatoms. The van der Waals surface area contributed by atoms with Crippen molar-refractivity contribution in [2.75, 3.05) is 39.2 Å². The molecule has 1 fully saturated rings. The van der Waals surface area contributed by atoms with Crippen LogP contribution < -0.4 is 5.73 Å². The molecule has 0 spiro atoms. The summed E-state index contributed by atoms with van der Waals surface area (Å²) in [6.07, 6.45) is 19.5. The van der Waals surface area contributed by atoms with Gasteiger partial charge < -0.3 is 15.4 Å². The van der Waals surface area contributed by atoms with Crippen LogP contribution in [0.1, 0.15) is 67.7 Å². The molecule has 1 aliphatic heterocycles. The van der Waals surface area contributed by atoms with Gasteiger partial charge in [0.05, 0.1) is 16.6 Å². The molecule has 0 radical (unpaired) electrons. The summed E-state index contributed by atoms with van der Waals surface area (Å²) >= 11 is 3.10. The zero-order chi connectivity index (χ0) is 29.5. The summed E-state index contributed by atoms with van der Waals surface area (Å²) in [6.45, 7) is 11.1. The number of aromatic nitrogens is 1. The summed E-state index contributed by atoms with van der Waals surface area (Å²) in [7, 11) is 1.50. The van der Waals surface area contributed by atoms with Gasteiger partial charge in [0.25, 0.3) is 0 Å². The van der Waals surface area contributed by atoms with Gasteiger partial charge in [0.2, 0.25) is 0 Å². The highest BCUT2D eigenvalue weighted by atomic mass is 32.2. The Morgan fingerprint density at radius 1 is 1.23 bits per heavy atom. The van der Waals surface area contributed by atoms with Crippen LogP contribution in [0.4, 0.5) is 13.2 Å². The van der Waals surface area contributed by atoms with Crippen LogP contribution in [-0.4, -0.2) is 62.0 Å². The Balaban J connectivity index is 0.000000857. The summed E-state index contributed by atoms with van der Waals surface area (Å²) in [5.41, 5.74) is 5.42. The Labute approximate surface area is 242 Å². The number of allylic oxidation sites excluding steroid dienone is 1. The van der Waals surface area contributed by atoms with Gasteiger partial charge >= 0.3 is 6.18 Å². The first-order valence-corrected chi connectivity index (χ1v) is 15.2. The summed E-state index contributed by atoms with van der Waals surface area (Å²) in [6, 6.07) is 0. The second-order valence-electron chi connectivity index (χ2n) is 9.06. The number of thioether (sulfide) groups is 1. The van der Waals surface area contributed by atoms with Crippen LogP contribution in [0.5, 0.6) is 0 Å². The van der Waals surface area contributed by atoms with Crippen molar-refractivity contribution in [1.82, 2.24) is 9.88 Å². The van der Waals surface area contributed by atoms with Crippen LogP contribution in [0.2, 0.25) is 0 Å². The molecule has 1 saturated carbocycles. The van der Waals surface area contributed by atoms with Crippen molar-refractivity contribution in [2.24, 2.45) is 16.6 Å². The molecular formula is C29H47F3N4OS2. The molecular weight excluding hydrogens is 541 g/mol. The normalized spacial score (nSPS) is 16.4. The molecule has 1 aliphatic carbocycles. The molecule has 1 aromatic heterocycles. The van der Waals surface area contributed by atoms with E-state index in [2.05, 4.69) is 46.8 Å². The number of nitrogens with zero attached hydrogens (tertiary/aromatic N) is 3. The maximum Gasteiger partial charge on any atom is 0.411 e. The van der Waals surface area contributed by atoms with E-state index in [4.69, 9.17) is 4.74 Å². The van der Waals surface area contributed by atoms with Crippen LogP contribution in [0.25, 0.3) is 0 Å². The number of ether oxygens (including phenoxy) is 1. The monoisotopic (exact) mass is 588 g/mol. The topological polar surface area (TPSA) is 63.7 Å². The van der Waals surface area contributed by atoms with E-state index in [1.54, 1.807) is 11.3 Å². The molecule has 1 aromatic rings. The Hall–Kier alpha value is -1.64. The number of rotatable bonds is 11. The quantitative estimate of drug-likeness (QED) is 0.0947. The fourth-order valence-corrected chi connectivity index (χ4v) is 6.03. The molecule has 0 aromatic carbocycles. The number of hydrogen-bond acceptors (Lipinski definition) is 7. The molecule has 2 aliphatic rings. The highest BCUT2D eigenvalue weighted by Crippen LogP contribution is 2.31. The van der Waals surface area contributed by atoms with Gasteiger partial charge in [-0.3, -0.25) is 4.99 Å². The predicted octanol–water partition coefficient (Wildman–Crippen LogP) is 7.63. The first-order chi connectivity index (χ1) is 18.8. The smallest absolute Gasteiger partial charge is 0.361 e. The number of halogens is 3. The second-order valence-corrected chi connectivity index (χ2v) is 11.4. The molecule has 39 heavy (non-hydrogen) atoms. The highest BCUT2D eigenvalue weighted by Gasteiger charge is 2.27. The van der Waals surface area contributed by atoms with Gasteiger partial charge in [-0.2, -0.15) is 13.2 Å². The van der Waals surface area contributed by atoms with Crippen molar-refractivity contribution in [3.8, 4) is 12.8 Å². The molecule has 0 amide bonds. The maximum atomic E-state index is 12.1. The van der Waals surface area contributed by atoms with Crippen molar-refractivity contribution in [3.05, 3.63) is 39.3 Å². The molecule has 222 valence electrons. The Morgan fingerprint density at radius 2 is 1.90 bits per heavy atom. The van der Waals surface area contributed by atoms with Gasteiger partial charge in [-0.05, 0) is 58.8 Å². The van der Waals surface area contributed by atoms with Gasteiger partial charge in [-0.25, -0.2) is 4.98 Å². The van der Waals surface area contributed by atoms with Gasteiger partial charge in [-0.1, -0.05) is 38.2 Å². The standard InChI is InChI=1S/C18H29F3N2OS.C8H11NS.C2H2.CH5N/c1-22-16-8-11-23(10-7-15-5-3-2-4-6-15)12-9-17(16)25-14-24-13-18(19,20)21;1-3-4-5-8-6-9-7(2)10-8;2*1-2/h15H,1-14H2;3,6H,1,4-5H2,2H3;1-2H;2H2,1H3. The SMILES string of the molecule is C#C.C=CCCc1cnc(C)s1.C=NC1=C(SCOCC(F)(F)F)CCN(CCC2CCCCC2)CC1.CN. The average molecular weight is 589 g/mol. The van der Waals surface area contributed by atoms with E-state index in [9.17, 15) is 13.2 Å². The summed E-state index contributed by atoms with van der Waals surface area (Å²) in [5.74, 6) is 0.877. The molecule has 0 unspecified atom stereocenters. The predicted molar refractivity (Wildman–Crippen MR) is 163 cm³/mol. The van der Waals surface area contributed by atoms with Crippen LogP contribution in [0, 0.1) is 25.7 Å². The van der Waals surface area contributed by atoms with Crippen molar-refractivity contribution < 1.29 is 17.9 Å². The van der Waals surface area contributed by atoms with Crippen LogP contribution >= 0.6 is 23.1 Å². The van der Waals surface area contributed by atoms with Gasteiger partial charge in [0.15, 0.2) is 0 Å². The van der Waals surface area contributed by atoms with E-state index in [1.807, 2.05) is 19.2 Å². The van der Waals surface area contributed by atoms with Crippen LogP contribution in [-0.2, 0) is 11.2 Å². The van der Waals surface area contributed by atoms with E-state index in [-0.39, 0.29) is 5.94 Å². The molecule has 2 heterocycles. The molecule has 0 atom stereocenters. The Kier molecular flexibility index (Phi) is 22.1. The lowest BCUT2D eigenvalue weighted by Crippen LogP contribution is -2.28. The molecule has 2 N–H and O–H groups in total. The largest absolute Gasteiger partial charge is 0.411 e. The molecule has 0 saturated heterocycles. The number of thiazole rings is 1. The van der Waals surface area contributed by atoms with E-state index >= 15 is 0 Å². The number of aryl methyl sites for hydroxylation is 2. The van der Waals surface area contributed by atoms with Crippen molar-refractivity contribution in [3.63, 3.8) is 0 Å². The number of hydrogen-bond donors (Lipinski definition) is 1. The minimum absolute atomic E-state index is 0.00986. The van der Waals surface area contributed by atoms with Gasteiger partial charge in [0.1, 0.15) is 6.61 Å². The van der Waals surface area contributed by atoms with Gasteiger partial charge in [0, 0.05) is 35.5 Å². The van der Waals surface area contributed by atoms with E-state index < -0.39 is 12.8 Å². The molecule has 3 rings (SSSR count). The Morgan fingerprint density at radius 3 is 2.46 bits per heavy atom. The number of nitrogens with two attached hydrogens (primary N) is 1. The molecule has 0 bridgehead atoms. The number of aliphatic imine (C=N–C) groups is 1.